The number of aromatic nitrogens is 1. The first-order valence-corrected chi connectivity index (χ1v) is 7.10. The van der Waals surface area contributed by atoms with Gasteiger partial charge in [-0.15, -0.1) is 0 Å². The summed E-state index contributed by atoms with van der Waals surface area (Å²) in [6.45, 7) is 0.517. The van der Waals surface area contributed by atoms with Crippen molar-refractivity contribution in [1.82, 2.24) is 4.98 Å². The molecule has 0 saturated carbocycles. The molecule has 3 rings (SSSR count). The number of H-pyrrole nitrogens is 1. The number of fused-ring (bicyclic) bond motifs is 1. The van der Waals surface area contributed by atoms with E-state index in [4.69, 9.17) is 9.47 Å². The SMILES string of the molecule is COC(=O)Cc1c[nH]c2ccc(OCc3ccccc3)cc12. The molecule has 0 bridgehead atoms. The summed E-state index contributed by atoms with van der Waals surface area (Å²) in [4.78, 5) is 14.6. The van der Waals surface area contributed by atoms with Crippen molar-refractivity contribution in [1.29, 1.82) is 0 Å². The molecule has 1 aromatic heterocycles. The van der Waals surface area contributed by atoms with Gasteiger partial charge >= 0.3 is 5.97 Å². The fourth-order valence-electron chi connectivity index (χ4n) is 2.36. The van der Waals surface area contributed by atoms with Gasteiger partial charge in [0.25, 0.3) is 0 Å². The van der Waals surface area contributed by atoms with Crippen molar-refractivity contribution in [3.63, 3.8) is 0 Å². The molecule has 1 N–H and O–H groups in total. The Kier molecular flexibility index (Phi) is 4.10. The van der Waals surface area contributed by atoms with E-state index in [9.17, 15) is 4.79 Å². The lowest BCUT2D eigenvalue weighted by Gasteiger charge is -2.07. The van der Waals surface area contributed by atoms with Crippen LogP contribution in [0.2, 0.25) is 0 Å². The average molecular weight is 295 g/mol. The van der Waals surface area contributed by atoms with Crippen LogP contribution in [0.4, 0.5) is 0 Å². The summed E-state index contributed by atoms with van der Waals surface area (Å²) in [6, 6.07) is 15.8. The molecule has 0 aliphatic rings. The molecule has 0 radical (unpaired) electrons. The number of carbonyl (C=O) groups is 1. The third-order valence-electron chi connectivity index (χ3n) is 3.55. The number of ether oxygens (including phenoxy) is 2. The summed E-state index contributed by atoms with van der Waals surface area (Å²) in [5.41, 5.74) is 3.00. The fraction of sp³-hybridized carbons (Fsp3) is 0.167. The van der Waals surface area contributed by atoms with E-state index in [0.29, 0.717) is 6.61 Å². The van der Waals surface area contributed by atoms with Gasteiger partial charge in [0.15, 0.2) is 0 Å². The number of nitrogens with one attached hydrogen (secondary N) is 1. The van der Waals surface area contributed by atoms with E-state index < -0.39 is 0 Å². The maximum Gasteiger partial charge on any atom is 0.310 e. The number of benzene rings is 2. The second-order valence-corrected chi connectivity index (χ2v) is 5.05. The molecule has 0 aliphatic heterocycles. The zero-order chi connectivity index (χ0) is 15.4. The zero-order valence-corrected chi connectivity index (χ0v) is 12.3. The number of aromatic amines is 1. The molecule has 2 aromatic carbocycles. The van der Waals surface area contributed by atoms with Crippen molar-refractivity contribution in [3.05, 3.63) is 65.9 Å². The monoisotopic (exact) mass is 295 g/mol. The highest BCUT2D eigenvalue weighted by atomic mass is 16.5. The van der Waals surface area contributed by atoms with Gasteiger partial charge in [0.05, 0.1) is 13.5 Å². The van der Waals surface area contributed by atoms with E-state index in [1.54, 1.807) is 0 Å². The van der Waals surface area contributed by atoms with Crippen molar-refractivity contribution < 1.29 is 14.3 Å². The van der Waals surface area contributed by atoms with Crippen LogP contribution in [-0.4, -0.2) is 18.1 Å². The summed E-state index contributed by atoms with van der Waals surface area (Å²) >= 11 is 0. The lowest BCUT2D eigenvalue weighted by Crippen LogP contribution is -2.03. The van der Waals surface area contributed by atoms with Crippen LogP contribution >= 0.6 is 0 Å². The van der Waals surface area contributed by atoms with Crippen LogP contribution in [0.25, 0.3) is 10.9 Å². The Morgan fingerprint density at radius 2 is 1.95 bits per heavy atom. The summed E-state index contributed by atoms with van der Waals surface area (Å²) < 4.78 is 10.5. The molecule has 0 atom stereocenters. The van der Waals surface area contributed by atoms with Crippen LogP contribution < -0.4 is 4.74 Å². The predicted octanol–water partition coefficient (Wildman–Crippen LogP) is 3.46. The minimum Gasteiger partial charge on any atom is -0.489 e. The third-order valence-corrected chi connectivity index (χ3v) is 3.55. The third kappa shape index (κ3) is 3.11. The lowest BCUT2D eigenvalue weighted by molar-refractivity contribution is -0.139. The van der Waals surface area contributed by atoms with E-state index in [1.165, 1.54) is 7.11 Å². The van der Waals surface area contributed by atoms with Crippen molar-refractivity contribution in [2.45, 2.75) is 13.0 Å². The van der Waals surface area contributed by atoms with Crippen LogP contribution in [0.1, 0.15) is 11.1 Å². The van der Waals surface area contributed by atoms with Crippen LogP contribution in [0, 0.1) is 0 Å². The van der Waals surface area contributed by atoms with Crippen molar-refractivity contribution in [3.8, 4) is 5.75 Å². The quantitative estimate of drug-likeness (QED) is 0.733. The molecule has 0 unspecified atom stereocenters. The molecule has 0 spiro atoms. The molecular formula is C18H17NO3. The smallest absolute Gasteiger partial charge is 0.310 e. The highest BCUT2D eigenvalue weighted by Gasteiger charge is 2.10. The van der Waals surface area contributed by atoms with Gasteiger partial charge in [0, 0.05) is 17.1 Å². The zero-order valence-electron chi connectivity index (χ0n) is 12.3. The van der Waals surface area contributed by atoms with Gasteiger partial charge in [-0.05, 0) is 29.3 Å². The van der Waals surface area contributed by atoms with Crippen molar-refractivity contribution >= 4 is 16.9 Å². The first-order chi connectivity index (χ1) is 10.8. The van der Waals surface area contributed by atoms with Gasteiger partial charge in [0.1, 0.15) is 12.4 Å². The van der Waals surface area contributed by atoms with Gasteiger partial charge in [0.2, 0.25) is 0 Å². The van der Waals surface area contributed by atoms with E-state index in [2.05, 4.69) is 4.98 Å². The van der Waals surface area contributed by atoms with Gasteiger partial charge in [-0.2, -0.15) is 0 Å². The molecule has 0 aliphatic carbocycles. The molecule has 4 heteroatoms. The van der Waals surface area contributed by atoms with Crippen molar-refractivity contribution in [2.24, 2.45) is 0 Å². The Morgan fingerprint density at radius 3 is 2.73 bits per heavy atom. The Balaban J connectivity index is 1.79. The molecule has 3 aromatic rings. The second-order valence-electron chi connectivity index (χ2n) is 5.05. The van der Waals surface area contributed by atoms with Crippen LogP contribution in [0.5, 0.6) is 5.75 Å². The molecule has 1 heterocycles. The molecule has 22 heavy (non-hydrogen) atoms. The van der Waals surface area contributed by atoms with E-state index in [-0.39, 0.29) is 12.4 Å². The molecule has 4 nitrogen and oxygen atoms in total. The fourth-order valence-corrected chi connectivity index (χ4v) is 2.36. The Morgan fingerprint density at radius 1 is 1.14 bits per heavy atom. The van der Waals surface area contributed by atoms with E-state index in [0.717, 1.165) is 27.8 Å². The Labute approximate surface area is 128 Å². The Bertz CT molecular complexity index is 777. The maximum absolute atomic E-state index is 11.5. The molecule has 112 valence electrons. The maximum atomic E-state index is 11.5. The second kappa shape index (κ2) is 6.35. The minimum atomic E-state index is -0.253. The highest BCUT2D eigenvalue weighted by Crippen LogP contribution is 2.25. The number of esters is 1. The van der Waals surface area contributed by atoms with Gasteiger partial charge < -0.3 is 14.5 Å². The summed E-state index contributed by atoms with van der Waals surface area (Å²) in [7, 11) is 1.39. The predicted molar refractivity (Wildman–Crippen MR) is 84.8 cm³/mol. The van der Waals surface area contributed by atoms with Crippen LogP contribution in [0.15, 0.2) is 54.7 Å². The molecule has 0 amide bonds. The molecular weight excluding hydrogens is 278 g/mol. The first-order valence-electron chi connectivity index (χ1n) is 7.10. The number of carbonyl (C=O) groups excluding carboxylic acids is 1. The number of hydrogen-bond acceptors (Lipinski definition) is 3. The average Bonchev–Trinajstić information content (AvgIpc) is 2.96. The van der Waals surface area contributed by atoms with Crippen LogP contribution in [-0.2, 0) is 22.6 Å². The van der Waals surface area contributed by atoms with Gasteiger partial charge in [-0.25, -0.2) is 0 Å². The van der Waals surface area contributed by atoms with Gasteiger partial charge in [-0.3, -0.25) is 4.79 Å². The summed E-state index contributed by atoms with van der Waals surface area (Å²) in [5.74, 6) is 0.526. The number of rotatable bonds is 5. The van der Waals surface area contributed by atoms with Gasteiger partial charge in [-0.1, -0.05) is 30.3 Å². The van der Waals surface area contributed by atoms with Crippen molar-refractivity contribution in [2.75, 3.05) is 7.11 Å². The minimum absolute atomic E-state index is 0.249. The number of hydrogen-bond donors (Lipinski definition) is 1. The Hall–Kier alpha value is -2.75. The first kappa shape index (κ1) is 14.2. The van der Waals surface area contributed by atoms with E-state index >= 15 is 0 Å². The molecule has 0 fully saturated rings. The number of methoxy groups -OCH3 is 1. The van der Waals surface area contributed by atoms with Crippen LogP contribution in [0.3, 0.4) is 0 Å². The standard InChI is InChI=1S/C18H17NO3/c1-21-18(20)9-14-11-19-17-8-7-15(10-16(14)17)22-12-13-5-3-2-4-6-13/h2-8,10-11,19H,9,12H2,1H3. The topological polar surface area (TPSA) is 51.3 Å². The largest absolute Gasteiger partial charge is 0.489 e. The molecule has 0 saturated heterocycles. The summed E-state index contributed by atoms with van der Waals surface area (Å²) in [6.07, 6.45) is 2.08. The normalized spacial score (nSPS) is 10.6. The van der Waals surface area contributed by atoms with E-state index in [1.807, 2.05) is 54.7 Å². The summed E-state index contributed by atoms with van der Waals surface area (Å²) in [5, 5.41) is 0.982. The highest BCUT2D eigenvalue weighted by molar-refractivity contribution is 5.88. The lowest BCUT2D eigenvalue weighted by atomic mass is 10.1.